The molecule has 0 saturated heterocycles. The van der Waals surface area contributed by atoms with E-state index in [-0.39, 0.29) is 25.3 Å². The first-order valence-corrected chi connectivity index (χ1v) is 14.7. The van der Waals surface area contributed by atoms with Gasteiger partial charge in [-0.2, -0.15) is 24.9 Å². The number of rotatable bonds is 16. The molecule has 11 heteroatoms. The Hall–Kier alpha value is -3.70. The Bertz CT molecular complexity index is 1260. The fraction of sp³-hybridized carbons (Fsp3) is 0.355. The number of carboxylic acid groups (broad SMARTS) is 1. The number of benzene rings is 3. The van der Waals surface area contributed by atoms with Gasteiger partial charge in [-0.05, 0) is 60.6 Å². The first-order chi connectivity index (χ1) is 20.2. The largest absolute Gasteiger partial charge is 0.492 e. The third kappa shape index (κ3) is 11.3. The lowest BCUT2D eigenvalue weighted by atomic mass is 10.1. The Morgan fingerprint density at radius 1 is 0.976 bits per heavy atom. The van der Waals surface area contributed by atoms with E-state index >= 15 is 0 Å². The van der Waals surface area contributed by atoms with Crippen LogP contribution in [0.4, 0.5) is 23.7 Å². The number of aliphatic carboxylic acids is 1. The minimum atomic E-state index is -4.52. The SMILES string of the molecule is CCOC(Cc1ccc(OCCN(CCCSCc2ccccc2)C(=O)Nc2cccc(C(F)(F)F)c2)cc1)C(=O)O. The topological polar surface area (TPSA) is 88.1 Å². The molecule has 42 heavy (non-hydrogen) atoms. The summed E-state index contributed by atoms with van der Waals surface area (Å²) in [7, 11) is 0. The molecule has 1 unspecified atom stereocenters. The van der Waals surface area contributed by atoms with E-state index in [0.29, 0.717) is 25.3 Å². The van der Waals surface area contributed by atoms with Gasteiger partial charge in [-0.3, -0.25) is 0 Å². The molecule has 0 radical (unpaired) electrons. The summed E-state index contributed by atoms with van der Waals surface area (Å²) in [6.45, 7) is 2.79. The third-order valence-corrected chi connectivity index (χ3v) is 7.29. The van der Waals surface area contributed by atoms with E-state index in [1.54, 1.807) is 43.0 Å². The molecular weight excluding hydrogens is 569 g/mol. The van der Waals surface area contributed by atoms with E-state index in [4.69, 9.17) is 9.47 Å². The number of thioether (sulfide) groups is 1. The van der Waals surface area contributed by atoms with Crippen molar-refractivity contribution in [3.05, 3.63) is 95.6 Å². The van der Waals surface area contributed by atoms with Crippen LogP contribution in [0.1, 0.15) is 30.0 Å². The van der Waals surface area contributed by atoms with Gasteiger partial charge in [0.1, 0.15) is 12.4 Å². The summed E-state index contributed by atoms with van der Waals surface area (Å²) in [5.74, 6) is 1.15. The molecule has 0 bridgehead atoms. The molecule has 0 aromatic heterocycles. The first kappa shape index (κ1) is 32.8. The van der Waals surface area contributed by atoms with Crippen LogP contribution in [-0.2, 0) is 27.9 Å². The van der Waals surface area contributed by atoms with Crippen molar-refractivity contribution >= 4 is 29.4 Å². The molecule has 0 aliphatic rings. The van der Waals surface area contributed by atoms with Crippen LogP contribution in [-0.4, -0.2) is 60.2 Å². The maximum absolute atomic E-state index is 13.1. The molecule has 0 aliphatic heterocycles. The Labute approximate surface area is 248 Å². The van der Waals surface area contributed by atoms with Gasteiger partial charge in [-0.1, -0.05) is 48.5 Å². The summed E-state index contributed by atoms with van der Waals surface area (Å²) in [5, 5.41) is 11.9. The maximum Gasteiger partial charge on any atom is 0.416 e. The number of amides is 2. The molecule has 3 rings (SSSR count). The number of hydrogen-bond acceptors (Lipinski definition) is 5. The van der Waals surface area contributed by atoms with E-state index in [1.807, 2.05) is 18.2 Å². The molecule has 0 spiro atoms. The van der Waals surface area contributed by atoms with E-state index < -0.39 is 29.8 Å². The standard InChI is InChI=1S/C31H35F3N2O5S/c1-2-40-28(29(37)38)20-23-12-14-27(15-13-23)41-18-17-36(16-7-19-42-22-24-8-4-3-5-9-24)30(39)35-26-11-6-10-25(21-26)31(32,33)34/h3-6,8-15,21,28H,2,7,16-20,22H2,1H3,(H,35,39)(H,37,38). The van der Waals surface area contributed by atoms with Crippen LogP contribution in [0.25, 0.3) is 0 Å². The van der Waals surface area contributed by atoms with Crippen LogP contribution in [0.2, 0.25) is 0 Å². The van der Waals surface area contributed by atoms with Crippen molar-refractivity contribution in [2.45, 2.75) is 37.8 Å². The average Bonchev–Trinajstić information content (AvgIpc) is 2.97. The molecule has 3 aromatic rings. The average molecular weight is 605 g/mol. The van der Waals surface area contributed by atoms with Crippen molar-refractivity contribution < 1.29 is 37.3 Å². The number of halogens is 3. The number of carboxylic acids is 1. The predicted octanol–water partition coefficient (Wildman–Crippen LogP) is 6.97. The van der Waals surface area contributed by atoms with Gasteiger partial charge in [0.25, 0.3) is 0 Å². The summed E-state index contributed by atoms with van der Waals surface area (Å²) in [6, 6.07) is 21.0. The Morgan fingerprint density at radius 3 is 2.38 bits per heavy atom. The molecule has 0 aliphatic carbocycles. The number of nitrogens with zero attached hydrogens (tertiary/aromatic N) is 1. The minimum absolute atomic E-state index is 0.0569. The normalized spacial score (nSPS) is 12.0. The van der Waals surface area contributed by atoms with Crippen molar-refractivity contribution in [1.29, 1.82) is 0 Å². The number of hydrogen-bond donors (Lipinski definition) is 2. The Kier molecular flexibility index (Phi) is 13.0. The highest BCUT2D eigenvalue weighted by Crippen LogP contribution is 2.30. The number of alkyl halides is 3. The zero-order chi connectivity index (χ0) is 30.4. The van der Waals surface area contributed by atoms with Crippen LogP contribution >= 0.6 is 11.8 Å². The van der Waals surface area contributed by atoms with Gasteiger partial charge < -0.3 is 24.8 Å². The summed E-state index contributed by atoms with van der Waals surface area (Å²) in [4.78, 5) is 25.9. The van der Waals surface area contributed by atoms with Gasteiger partial charge >= 0.3 is 18.2 Å². The van der Waals surface area contributed by atoms with Crippen molar-refractivity contribution in [2.24, 2.45) is 0 Å². The van der Waals surface area contributed by atoms with Crippen LogP contribution in [0, 0.1) is 0 Å². The molecule has 0 saturated carbocycles. The molecular formula is C31H35F3N2O5S. The van der Waals surface area contributed by atoms with E-state index in [1.165, 1.54) is 22.6 Å². The number of nitrogens with one attached hydrogen (secondary N) is 1. The van der Waals surface area contributed by atoms with Gasteiger partial charge in [0.05, 0.1) is 12.1 Å². The summed E-state index contributed by atoms with van der Waals surface area (Å²) >= 11 is 1.74. The Balaban J connectivity index is 1.56. The zero-order valence-electron chi connectivity index (χ0n) is 23.3. The van der Waals surface area contributed by atoms with E-state index in [2.05, 4.69) is 17.4 Å². The van der Waals surface area contributed by atoms with Gasteiger partial charge in [-0.15, -0.1) is 0 Å². The number of urea groups is 1. The molecule has 1 atom stereocenters. The number of ether oxygens (including phenoxy) is 2. The summed E-state index contributed by atoms with van der Waals surface area (Å²) < 4.78 is 50.5. The van der Waals surface area contributed by atoms with Crippen molar-refractivity contribution in [3.63, 3.8) is 0 Å². The van der Waals surface area contributed by atoms with Crippen LogP contribution in [0.5, 0.6) is 5.75 Å². The van der Waals surface area contributed by atoms with Crippen LogP contribution in [0.15, 0.2) is 78.9 Å². The maximum atomic E-state index is 13.1. The highest BCUT2D eigenvalue weighted by atomic mass is 32.2. The smallest absolute Gasteiger partial charge is 0.416 e. The molecule has 0 heterocycles. The lowest BCUT2D eigenvalue weighted by Crippen LogP contribution is -2.38. The van der Waals surface area contributed by atoms with Crippen LogP contribution in [0.3, 0.4) is 0 Å². The molecule has 226 valence electrons. The van der Waals surface area contributed by atoms with Crippen molar-refractivity contribution in [1.82, 2.24) is 4.90 Å². The quantitative estimate of drug-likeness (QED) is 0.172. The van der Waals surface area contributed by atoms with Gasteiger partial charge in [-0.25, -0.2) is 9.59 Å². The number of carbonyl (C=O) groups is 2. The fourth-order valence-corrected chi connectivity index (χ4v) is 4.95. The van der Waals surface area contributed by atoms with Gasteiger partial charge in [0.2, 0.25) is 0 Å². The fourth-order valence-electron chi connectivity index (χ4n) is 4.04. The van der Waals surface area contributed by atoms with E-state index in [0.717, 1.165) is 29.2 Å². The monoisotopic (exact) mass is 604 g/mol. The first-order valence-electron chi connectivity index (χ1n) is 13.6. The van der Waals surface area contributed by atoms with Crippen LogP contribution < -0.4 is 10.1 Å². The second-order valence-electron chi connectivity index (χ2n) is 9.37. The molecule has 2 amide bonds. The lowest BCUT2D eigenvalue weighted by Gasteiger charge is -2.23. The highest BCUT2D eigenvalue weighted by Gasteiger charge is 2.30. The number of carbonyl (C=O) groups excluding carboxylic acids is 1. The van der Waals surface area contributed by atoms with Crippen molar-refractivity contribution in [2.75, 3.05) is 37.4 Å². The molecule has 0 fully saturated rings. The van der Waals surface area contributed by atoms with E-state index in [9.17, 15) is 27.9 Å². The number of anilines is 1. The third-order valence-electron chi connectivity index (χ3n) is 6.17. The minimum Gasteiger partial charge on any atom is -0.492 e. The molecule has 2 N–H and O–H groups in total. The second kappa shape index (κ2) is 16.7. The Morgan fingerprint density at radius 2 is 1.71 bits per heavy atom. The zero-order valence-corrected chi connectivity index (χ0v) is 24.1. The lowest BCUT2D eigenvalue weighted by molar-refractivity contribution is -0.150. The highest BCUT2D eigenvalue weighted by molar-refractivity contribution is 7.98. The van der Waals surface area contributed by atoms with Gasteiger partial charge in [0.15, 0.2) is 6.10 Å². The molecule has 7 nitrogen and oxygen atoms in total. The summed E-state index contributed by atoms with van der Waals surface area (Å²) in [6.07, 6.45) is -4.55. The predicted molar refractivity (Wildman–Crippen MR) is 158 cm³/mol. The summed E-state index contributed by atoms with van der Waals surface area (Å²) in [5.41, 5.74) is 1.20. The van der Waals surface area contributed by atoms with Crippen molar-refractivity contribution in [3.8, 4) is 5.75 Å². The van der Waals surface area contributed by atoms with Gasteiger partial charge in [0, 0.05) is 31.0 Å². The second-order valence-corrected chi connectivity index (χ2v) is 10.5. The molecule has 3 aromatic carbocycles.